The number of aryl methyl sites for hydroxylation is 2. The molecule has 0 aliphatic rings. The summed E-state index contributed by atoms with van der Waals surface area (Å²) in [4.78, 5) is 0. The van der Waals surface area contributed by atoms with Crippen LogP contribution in [-0.2, 0) is 0 Å². The van der Waals surface area contributed by atoms with Gasteiger partial charge in [-0.25, -0.2) is 0 Å². The molecule has 1 aromatic carbocycles. The number of allylic oxidation sites excluding steroid dienone is 7. The summed E-state index contributed by atoms with van der Waals surface area (Å²) in [6, 6.07) is 6.52. The molecule has 0 unspecified atom stereocenters. The van der Waals surface area contributed by atoms with Crippen LogP contribution in [0.5, 0.6) is 0 Å². The first-order chi connectivity index (χ1) is 9.99. The van der Waals surface area contributed by atoms with Gasteiger partial charge in [0.2, 0.25) is 0 Å². The van der Waals surface area contributed by atoms with E-state index in [0.717, 1.165) is 29.6 Å². The normalized spacial score (nSPS) is 11.7. The Labute approximate surface area is 129 Å². The van der Waals surface area contributed by atoms with Crippen molar-refractivity contribution in [2.24, 2.45) is 0 Å². The molecule has 0 saturated carbocycles. The molecule has 0 bridgehead atoms. The molecule has 0 aliphatic heterocycles. The van der Waals surface area contributed by atoms with Crippen LogP contribution in [0.3, 0.4) is 0 Å². The monoisotopic (exact) mass is 278 g/mol. The maximum Gasteiger partial charge on any atom is -0.0227 e. The number of rotatable bonds is 7. The maximum atomic E-state index is 4.21. The lowest BCUT2D eigenvalue weighted by atomic mass is 9.95. The fraction of sp³-hybridized carbons (Fsp3) is 0.238. The SMILES string of the molecule is C=C/C(=C\C=C/C)C(=C)CCC(=C)c1ccc(C)c(C)c1. The van der Waals surface area contributed by atoms with Crippen molar-refractivity contribution in [2.75, 3.05) is 0 Å². The van der Waals surface area contributed by atoms with Crippen LogP contribution in [0, 0.1) is 13.8 Å². The summed E-state index contributed by atoms with van der Waals surface area (Å²) in [5.74, 6) is 0. The molecule has 0 atom stereocenters. The largest absolute Gasteiger partial charge is 0.0985 e. The van der Waals surface area contributed by atoms with Crippen LogP contribution in [-0.4, -0.2) is 0 Å². The molecule has 0 N–H and O–H groups in total. The maximum absolute atomic E-state index is 4.21. The predicted molar refractivity (Wildman–Crippen MR) is 96.4 cm³/mol. The van der Waals surface area contributed by atoms with E-state index in [1.807, 2.05) is 31.2 Å². The van der Waals surface area contributed by atoms with Crippen molar-refractivity contribution in [3.8, 4) is 0 Å². The molecule has 110 valence electrons. The zero-order valence-electron chi connectivity index (χ0n) is 13.6. The number of hydrogen-bond acceptors (Lipinski definition) is 0. The van der Waals surface area contributed by atoms with Gasteiger partial charge in [-0.3, -0.25) is 0 Å². The van der Waals surface area contributed by atoms with E-state index in [0.29, 0.717) is 0 Å². The first-order valence-electron chi connectivity index (χ1n) is 7.38. The third kappa shape index (κ3) is 5.07. The molecule has 0 aliphatic carbocycles. The first kappa shape index (κ1) is 17.0. The Balaban J connectivity index is 2.69. The van der Waals surface area contributed by atoms with Gasteiger partial charge in [0.25, 0.3) is 0 Å². The quantitative estimate of drug-likeness (QED) is 0.510. The topological polar surface area (TPSA) is 0 Å². The van der Waals surface area contributed by atoms with E-state index in [-0.39, 0.29) is 0 Å². The average molecular weight is 278 g/mol. The zero-order valence-corrected chi connectivity index (χ0v) is 13.6. The Kier molecular flexibility index (Phi) is 6.68. The summed E-state index contributed by atoms with van der Waals surface area (Å²) < 4.78 is 0. The summed E-state index contributed by atoms with van der Waals surface area (Å²) in [5.41, 5.74) is 7.22. The van der Waals surface area contributed by atoms with Gasteiger partial charge in [-0.2, -0.15) is 0 Å². The van der Waals surface area contributed by atoms with Gasteiger partial charge in [-0.05, 0) is 67.0 Å². The van der Waals surface area contributed by atoms with Gasteiger partial charge in [0.05, 0.1) is 0 Å². The Morgan fingerprint density at radius 3 is 2.38 bits per heavy atom. The molecular formula is C21H26. The second-order valence-corrected chi connectivity index (χ2v) is 5.36. The lowest BCUT2D eigenvalue weighted by Crippen LogP contribution is -1.90. The van der Waals surface area contributed by atoms with Crippen molar-refractivity contribution < 1.29 is 0 Å². The van der Waals surface area contributed by atoms with Crippen LogP contribution in [0.4, 0.5) is 0 Å². The predicted octanol–water partition coefficient (Wildman–Crippen LogP) is 6.34. The van der Waals surface area contributed by atoms with Crippen molar-refractivity contribution in [3.63, 3.8) is 0 Å². The highest BCUT2D eigenvalue weighted by atomic mass is 14.1. The van der Waals surface area contributed by atoms with Crippen LogP contribution in [0.15, 0.2) is 73.4 Å². The highest BCUT2D eigenvalue weighted by molar-refractivity contribution is 5.65. The smallest absolute Gasteiger partial charge is 0.0227 e. The molecule has 0 heteroatoms. The third-order valence-electron chi connectivity index (χ3n) is 3.74. The fourth-order valence-electron chi connectivity index (χ4n) is 2.08. The minimum absolute atomic E-state index is 0.904. The highest BCUT2D eigenvalue weighted by Crippen LogP contribution is 2.24. The van der Waals surface area contributed by atoms with Gasteiger partial charge in [0.1, 0.15) is 0 Å². The van der Waals surface area contributed by atoms with Gasteiger partial charge in [-0.1, -0.05) is 62.2 Å². The van der Waals surface area contributed by atoms with Crippen LogP contribution in [0.1, 0.15) is 36.5 Å². The van der Waals surface area contributed by atoms with Gasteiger partial charge in [0, 0.05) is 0 Å². The van der Waals surface area contributed by atoms with E-state index in [1.54, 1.807) is 0 Å². The van der Waals surface area contributed by atoms with E-state index in [2.05, 4.69) is 51.8 Å². The third-order valence-corrected chi connectivity index (χ3v) is 3.74. The Morgan fingerprint density at radius 2 is 1.81 bits per heavy atom. The van der Waals surface area contributed by atoms with E-state index >= 15 is 0 Å². The van der Waals surface area contributed by atoms with Gasteiger partial charge < -0.3 is 0 Å². The van der Waals surface area contributed by atoms with Crippen molar-refractivity contribution in [3.05, 3.63) is 90.1 Å². The Hall–Kier alpha value is -2.08. The molecule has 0 heterocycles. The number of hydrogen-bond donors (Lipinski definition) is 0. The van der Waals surface area contributed by atoms with Crippen LogP contribution < -0.4 is 0 Å². The fourth-order valence-corrected chi connectivity index (χ4v) is 2.08. The molecule has 1 rings (SSSR count). The average Bonchev–Trinajstić information content (AvgIpc) is 2.48. The second-order valence-electron chi connectivity index (χ2n) is 5.36. The summed E-state index contributed by atoms with van der Waals surface area (Å²) in [7, 11) is 0. The van der Waals surface area contributed by atoms with Crippen molar-refractivity contribution in [1.82, 2.24) is 0 Å². The lowest BCUT2D eigenvalue weighted by molar-refractivity contribution is 1.02. The van der Waals surface area contributed by atoms with Crippen molar-refractivity contribution in [1.29, 1.82) is 0 Å². The van der Waals surface area contributed by atoms with E-state index < -0.39 is 0 Å². The van der Waals surface area contributed by atoms with E-state index in [1.165, 1.54) is 16.7 Å². The molecule has 0 nitrogen and oxygen atoms in total. The summed E-state index contributed by atoms with van der Waals surface area (Å²) in [5, 5.41) is 0. The molecule has 0 fully saturated rings. The Morgan fingerprint density at radius 1 is 1.10 bits per heavy atom. The zero-order chi connectivity index (χ0) is 15.8. The molecule has 0 spiro atoms. The van der Waals surface area contributed by atoms with Crippen LogP contribution >= 0.6 is 0 Å². The summed E-state index contributed by atoms with van der Waals surface area (Å²) in [6.07, 6.45) is 9.75. The van der Waals surface area contributed by atoms with E-state index in [9.17, 15) is 0 Å². The van der Waals surface area contributed by atoms with Gasteiger partial charge >= 0.3 is 0 Å². The van der Waals surface area contributed by atoms with Crippen molar-refractivity contribution in [2.45, 2.75) is 33.6 Å². The molecular weight excluding hydrogens is 252 g/mol. The standard InChI is InChI=1S/C21H26/c1-7-9-10-20(8-2)17(4)11-12-18(5)21-14-13-16(3)19(6)15-21/h7-10,13-15H,2,4-5,11-12H2,1,3,6H3/b9-7-,20-10+. The Bertz CT molecular complexity index is 594. The first-order valence-corrected chi connectivity index (χ1v) is 7.38. The molecule has 0 saturated heterocycles. The van der Waals surface area contributed by atoms with E-state index in [4.69, 9.17) is 0 Å². The minimum Gasteiger partial charge on any atom is -0.0985 e. The highest BCUT2D eigenvalue weighted by Gasteiger charge is 2.04. The lowest BCUT2D eigenvalue weighted by Gasteiger charge is -2.10. The molecule has 0 radical (unpaired) electrons. The van der Waals surface area contributed by atoms with Crippen LogP contribution in [0.2, 0.25) is 0 Å². The molecule has 0 amide bonds. The summed E-state index contributed by atoms with van der Waals surface area (Å²) >= 11 is 0. The minimum atomic E-state index is 0.904. The number of benzene rings is 1. The van der Waals surface area contributed by atoms with Gasteiger partial charge in [-0.15, -0.1) is 0 Å². The van der Waals surface area contributed by atoms with Gasteiger partial charge in [0.15, 0.2) is 0 Å². The van der Waals surface area contributed by atoms with Crippen molar-refractivity contribution >= 4 is 5.57 Å². The second kappa shape index (κ2) is 8.26. The molecule has 21 heavy (non-hydrogen) atoms. The van der Waals surface area contributed by atoms with Crippen LogP contribution in [0.25, 0.3) is 5.57 Å². The molecule has 1 aromatic rings. The summed E-state index contributed by atoms with van der Waals surface area (Å²) in [6.45, 7) is 18.5. The molecule has 0 aromatic heterocycles.